The lowest BCUT2D eigenvalue weighted by molar-refractivity contribution is -0.124. The maximum Gasteiger partial charge on any atom is 0.237 e. The minimum Gasteiger partial charge on any atom is -0.353 e. The first-order valence-electron chi connectivity index (χ1n) is 7.51. The van der Waals surface area contributed by atoms with Crippen LogP contribution in [0.15, 0.2) is 0 Å². The number of carbonyl (C=O) groups is 1. The number of nitriles is 1. The van der Waals surface area contributed by atoms with Gasteiger partial charge in [0, 0.05) is 6.04 Å². The molecule has 4 nitrogen and oxygen atoms in total. The predicted octanol–water partition coefficient (Wildman–Crippen LogP) is 2.55. The molecule has 2 atom stereocenters. The molecule has 0 fully saturated rings. The Morgan fingerprint density at radius 2 is 1.89 bits per heavy atom. The van der Waals surface area contributed by atoms with Gasteiger partial charge in [0.2, 0.25) is 5.91 Å². The predicted molar refractivity (Wildman–Crippen MR) is 78.6 cm³/mol. The molecule has 0 aromatic heterocycles. The highest BCUT2D eigenvalue weighted by Gasteiger charge is 2.18. The molecule has 0 spiro atoms. The van der Waals surface area contributed by atoms with Crippen molar-refractivity contribution in [3.63, 3.8) is 0 Å². The molecule has 0 aromatic carbocycles. The third-order valence-corrected chi connectivity index (χ3v) is 3.44. The number of rotatable bonds is 10. The molecule has 0 saturated carbocycles. The lowest BCUT2D eigenvalue weighted by Gasteiger charge is -2.20. The molecule has 2 unspecified atom stereocenters. The van der Waals surface area contributed by atoms with Crippen molar-refractivity contribution < 1.29 is 4.79 Å². The van der Waals surface area contributed by atoms with E-state index >= 15 is 0 Å². The second kappa shape index (κ2) is 10.8. The van der Waals surface area contributed by atoms with Crippen molar-refractivity contribution in [1.29, 1.82) is 5.26 Å². The number of carbonyl (C=O) groups excluding carboxylic acids is 1. The minimum atomic E-state index is -0.491. The van der Waals surface area contributed by atoms with E-state index in [1.54, 1.807) is 0 Å². The molecule has 0 aliphatic rings. The Bertz CT molecular complexity index is 282. The number of hydrogen-bond donors (Lipinski definition) is 1. The van der Waals surface area contributed by atoms with Gasteiger partial charge in [0.1, 0.15) is 5.92 Å². The SMILES string of the molecule is CCCC(C#N)C(=O)NC(C)CCCN(CC)CC. The zero-order chi connectivity index (χ0) is 14.7. The molecule has 19 heavy (non-hydrogen) atoms. The lowest BCUT2D eigenvalue weighted by atomic mass is 10.0. The Morgan fingerprint density at radius 1 is 1.26 bits per heavy atom. The van der Waals surface area contributed by atoms with E-state index in [4.69, 9.17) is 5.26 Å². The summed E-state index contributed by atoms with van der Waals surface area (Å²) in [7, 11) is 0. The van der Waals surface area contributed by atoms with Gasteiger partial charge in [-0.15, -0.1) is 0 Å². The van der Waals surface area contributed by atoms with E-state index in [-0.39, 0.29) is 11.9 Å². The minimum absolute atomic E-state index is 0.111. The van der Waals surface area contributed by atoms with Gasteiger partial charge < -0.3 is 10.2 Å². The Balaban J connectivity index is 3.94. The molecule has 0 aromatic rings. The molecule has 1 amide bonds. The summed E-state index contributed by atoms with van der Waals surface area (Å²) in [6, 6.07) is 2.23. The standard InChI is InChI=1S/C15H29N3O/c1-5-9-14(12-16)15(19)17-13(4)10-8-11-18(6-2)7-3/h13-14H,5-11H2,1-4H3,(H,17,19). The van der Waals surface area contributed by atoms with Crippen molar-refractivity contribution in [3.05, 3.63) is 0 Å². The molecular formula is C15H29N3O. The molecule has 0 saturated heterocycles. The van der Waals surface area contributed by atoms with Gasteiger partial charge in [-0.1, -0.05) is 27.2 Å². The molecule has 0 heterocycles. The zero-order valence-electron chi connectivity index (χ0n) is 12.9. The third-order valence-electron chi connectivity index (χ3n) is 3.44. The van der Waals surface area contributed by atoms with E-state index in [9.17, 15) is 4.79 Å². The lowest BCUT2D eigenvalue weighted by Crippen LogP contribution is -2.37. The van der Waals surface area contributed by atoms with Crippen molar-refractivity contribution in [3.8, 4) is 6.07 Å². The molecule has 0 radical (unpaired) electrons. The van der Waals surface area contributed by atoms with Gasteiger partial charge in [0.25, 0.3) is 0 Å². The van der Waals surface area contributed by atoms with Crippen molar-refractivity contribution >= 4 is 5.91 Å². The summed E-state index contributed by atoms with van der Waals surface area (Å²) in [5.74, 6) is -0.602. The molecule has 0 bridgehead atoms. The van der Waals surface area contributed by atoms with Gasteiger partial charge >= 0.3 is 0 Å². The number of hydrogen-bond acceptors (Lipinski definition) is 3. The normalized spacial score (nSPS) is 13.9. The smallest absolute Gasteiger partial charge is 0.237 e. The number of nitrogens with one attached hydrogen (secondary N) is 1. The summed E-state index contributed by atoms with van der Waals surface area (Å²) in [4.78, 5) is 14.2. The Morgan fingerprint density at radius 3 is 2.37 bits per heavy atom. The van der Waals surface area contributed by atoms with Crippen LogP contribution in [0.2, 0.25) is 0 Å². The van der Waals surface area contributed by atoms with Crippen molar-refractivity contribution in [1.82, 2.24) is 10.2 Å². The van der Waals surface area contributed by atoms with Crippen LogP contribution in [0.1, 0.15) is 53.4 Å². The molecule has 110 valence electrons. The summed E-state index contributed by atoms with van der Waals surface area (Å²) in [6.45, 7) is 11.6. The van der Waals surface area contributed by atoms with E-state index in [2.05, 4.69) is 30.1 Å². The average molecular weight is 267 g/mol. The third kappa shape index (κ3) is 7.84. The maximum absolute atomic E-state index is 11.8. The van der Waals surface area contributed by atoms with Crippen LogP contribution in [0.3, 0.4) is 0 Å². The molecule has 4 heteroatoms. The van der Waals surface area contributed by atoms with E-state index in [1.165, 1.54) is 0 Å². The second-order valence-electron chi connectivity index (χ2n) is 5.05. The van der Waals surface area contributed by atoms with E-state index in [0.717, 1.165) is 38.9 Å². The number of nitrogens with zero attached hydrogens (tertiary/aromatic N) is 2. The summed E-state index contributed by atoms with van der Waals surface area (Å²) >= 11 is 0. The van der Waals surface area contributed by atoms with Crippen molar-refractivity contribution in [2.45, 2.75) is 59.4 Å². The van der Waals surface area contributed by atoms with Crippen LogP contribution in [0, 0.1) is 17.2 Å². The monoisotopic (exact) mass is 267 g/mol. The number of amides is 1. The molecule has 0 rings (SSSR count). The molecule has 0 aliphatic carbocycles. The fraction of sp³-hybridized carbons (Fsp3) is 0.867. The molecular weight excluding hydrogens is 238 g/mol. The van der Waals surface area contributed by atoms with Crippen molar-refractivity contribution in [2.24, 2.45) is 5.92 Å². The highest BCUT2D eigenvalue weighted by atomic mass is 16.1. The summed E-state index contributed by atoms with van der Waals surface area (Å²) in [5, 5.41) is 11.9. The summed E-state index contributed by atoms with van der Waals surface area (Å²) in [5.41, 5.74) is 0. The highest BCUT2D eigenvalue weighted by Crippen LogP contribution is 2.07. The Labute approximate surface area is 118 Å². The topological polar surface area (TPSA) is 56.1 Å². The van der Waals surface area contributed by atoms with Gasteiger partial charge in [-0.25, -0.2) is 0 Å². The Kier molecular flexibility index (Phi) is 10.2. The van der Waals surface area contributed by atoms with E-state index in [0.29, 0.717) is 6.42 Å². The van der Waals surface area contributed by atoms with Gasteiger partial charge in [-0.2, -0.15) is 5.26 Å². The summed E-state index contributed by atoms with van der Waals surface area (Å²) in [6.07, 6.45) is 3.55. The quantitative estimate of drug-likeness (QED) is 0.662. The first-order chi connectivity index (χ1) is 9.08. The first-order valence-corrected chi connectivity index (χ1v) is 7.51. The van der Waals surface area contributed by atoms with Crippen LogP contribution < -0.4 is 5.32 Å². The van der Waals surface area contributed by atoms with E-state index in [1.807, 2.05) is 13.8 Å². The van der Waals surface area contributed by atoms with Crippen LogP contribution in [0.25, 0.3) is 0 Å². The van der Waals surface area contributed by atoms with Gasteiger partial charge in [-0.3, -0.25) is 4.79 Å². The van der Waals surface area contributed by atoms with Crippen molar-refractivity contribution in [2.75, 3.05) is 19.6 Å². The maximum atomic E-state index is 11.8. The summed E-state index contributed by atoms with van der Waals surface area (Å²) < 4.78 is 0. The van der Waals surface area contributed by atoms with Gasteiger partial charge in [0.15, 0.2) is 0 Å². The van der Waals surface area contributed by atoms with Crippen LogP contribution in [-0.4, -0.2) is 36.5 Å². The van der Waals surface area contributed by atoms with Crippen LogP contribution in [-0.2, 0) is 4.79 Å². The Hall–Kier alpha value is -1.08. The fourth-order valence-corrected chi connectivity index (χ4v) is 2.12. The first kappa shape index (κ1) is 17.9. The van der Waals surface area contributed by atoms with E-state index < -0.39 is 5.92 Å². The molecule has 0 aliphatic heterocycles. The largest absolute Gasteiger partial charge is 0.353 e. The van der Waals surface area contributed by atoms with Crippen LogP contribution >= 0.6 is 0 Å². The average Bonchev–Trinajstić information content (AvgIpc) is 2.40. The van der Waals surface area contributed by atoms with Gasteiger partial charge in [-0.05, 0) is 45.8 Å². The highest BCUT2D eigenvalue weighted by molar-refractivity contribution is 5.81. The zero-order valence-corrected chi connectivity index (χ0v) is 12.9. The fourth-order valence-electron chi connectivity index (χ4n) is 2.12. The second-order valence-corrected chi connectivity index (χ2v) is 5.05. The van der Waals surface area contributed by atoms with Gasteiger partial charge in [0.05, 0.1) is 6.07 Å². The van der Waals surface area contributed by atoms with Crippen LogP contribution in [0.5, 0.6) is 0 Å². The van der Waals surface area contributed by atoms with Crippen LogP contribution in [0.4, 0.5) is 0 Å². The molecule has 1 N–H and O–H groups in total.